The van der Waals surface area contributed by atoms with Gasteiger partial charge in [-0.15, -0.1) is 0 Å². The average molecular weight is 981 g/mol. The van der Waals surface area contributed by atoms with Gasteiger partial charge in [0.05, 0.1) is 19.8 Å². The van der Waals surface area contributed by atoms with E-state index < -0.39 is 57.8 Å². The first-order valence-electron chi connectivity index (χ1n) is 27.5. The minimum absolute atomic E-state index is 0.150. The van der Waals surface area contributed by atoms with Gasteiger partial charge >= 0.3 is 25.7 Å². The molecule has 0 bridgehead atoms. The van der Waals surface area contributed by atoms with Crippen LogP contribution in [0.2, 0.25) is 0 Å². The summed E-state index contributed by atoms with van der Waals surface area (Å²) in [7, 11) is -4.75. The van der Waals surface area contributed by atoms with Gasteiger partial charge in [0.2, 0.25) is 0 Å². The number of esters is 3. The molecule has 2 N–H and O–H groups in total. The zero-order valence-corrected chi connectivity index (χ0v) is 44.5. The summed E-state index contributed by atoms with van der Waals surface area (Å²) in [4.78, 5) is 48.4. The molecule has 0 heterocycles. The van der Waals surface area contributed by atoms with Crippen LogP contribution < -0.4 is 0 Å². The Morgan fingerprint density at radius 1 is 0.426 bits per heavy atom. The van der Waals surface area contributed by atoms with Crippen LogP contribution in [0.3, 0.4) is 0 Å². The van der Waals surface area contributed by atoms with Gasteiger partial charge < -0.3 is 24.2 Å². The fourth-order valence-corrected chi connectivity index (χ4v) is 8.33. The van der Waals surface area contributed by atoms with E-state index in [1.54, 1.807) is 0 Å². The topological polar surface area (TPSA) is 155 Å². The summed E-state index contributed by atoms with van der Waals surface area (Å²) in [6, 6.07) is 0. The Hall–Kier alpha value is -2.56. The molecule has 0 radical (unpaired) electrons. The van der Waals surface area contributed by atoms with Gasteiger partial charge in [-0.2, -0.15) is 0 Å². The highest BCUT2D eigenvalue weighted by atomic mass is 31.2. The van der Waals surface area contributed by atoms with Crippen molar-refractivity contribution >= 4 is 25.7 Å². The van der Waals surface area contributed by atoms with Crippen LogP contribution in [0.15, 0.2) is 48.6 Å². The first kappa shape index (κ1) is 65.4. The van der Waals surface area contributed by atoms with E-state index in [1.807, 2.05) is 0 Å². The first-order valence-corrected chi connectivity index (χ1v) is 29.0. The molecule has 12 heteroatoms. The van der Waals surface area contributed by atoms with Gasteiger partial charge in [-0.25, -0.2) is 4.57 Å². The number of hydrogen-bond acceptors (Lipinski definition) is 10. The monoisotopic (exact) mass is 981 g/mol. The summed E-state index contributed by atoms with van der Waals surface area (Å²) < 4.78 is 39.4. The minimum Gasteiger partial charge on any atom is -0.462 e. The van der Waals surface area contributed by atoms with E-state index in [1.165, 1.54) is 83.5 Å². The minimum atomic E-state index is -4.75. The highest BCUT2D eigenvalue weighted by Gasteiger charge is 2.28. The van der Waals surface area contributed by atoms with Crippen LogP contribution in [0.1, 0.15) is 252 Å². The van der Waals surface area contributed by atoms with Gasteiger partial charge in [0.25, 0.3) is 0 Å². The zero-order chi connectivity index (χ0) is 49.9. The summed E-state index contributed by atoms with van der Waals surface area (Å²) in [6.45, 7) is 4.50. The number of hydrogen-bond donors (Lipinski definition) is 2. The van der Waals surface area contributed by atoms with Crippen LogP contribution in [-0.4, -0.2) is 66.5 Å². The fraction of sp³-hybridized carbons (Fsp3) is 0.804. The summed E-state index contributed by atoms with van der Waals surface area (Å²) in [5.41, 5.74) is 0. The Labute approximate surface area is 415 Å². The maximum absolute atomic E-state index is 12.9. The molecule has 0 aliphatic heterocycles. The number of aliphatic hydroxyl groups is 1. The van der Waals surface area contributed by atoms with Crippen molar-refractivity contribution in [3.8, 4) is 0 Å². The predicted molar refractivity (Wildman–Crippen MR) is 279 cm³/mol. The Kier molecular flexibility index (Phi) is 48.9. The quantitative estimate of drug-likeness (QED) is 0.0197. The highest BCUT2D eigenvalue weighted by molar-refractivity contribution is 7.47. The second kappa shape index (κ2) is 50.8. The van der Waals surface area contributed by atoms with Crippen LogP contribution in [0.5, 0.6) is 0 Å². The van der Waals surface area contributed by atoms with E-state index in [2.05, 4.69) is 69.4 Å². The molecular formula is C56H101O11P. The Morgan fingerprint density at radius 2 is 0.765 bits per heavy atom. The number of ether oxygens (including phenoxy) is 3. The maximum Gasteiger partial charge on any atom is 0.472 e. The number of allylic oxidation sites excluding steroid dienone is 8. The van der Waals surface area contributed by atoms with Crippen molar-refractivity contribution < 1.29 is 52.2 Å². The van der Waals surface area contributed by atoms with Crippen molar-refractivity contribution in [2.24, 2.45) is 0 Å². The molecule has 3 unspecified atom stereocenters. The Balaban J connectivity index is 4.71. The molecule has 0 amide bonds. The lowest BCUT2D eigenvalue weighted by molar-refractivity contribution is -0.161. The van der Waals surface area contributed by atoms with Crippen molar-refractivity contribution in [1.82, 2.24) is 0 Å². The number of carbonyl (C=O) groups excluding carboxylic acids is 3. The molecule has 0 rings (SSSR count). The van der Waals surface area contributed by atoms with Gasteiger partial charge in [-0.05, 0) is 77.0 Å². The van der Waals surface area contributed by atoms with E-state index in [0.717, 1.165) is 109 Å². The third-order valence-electron chi connectivity index (χ3n) is 11.7. The average Bonchev–Trinajstić information content (AvgIpc) is 3.32. The van der Waals surface area contributed by atoms with Gasteiger partial charge in [-0.3, -0.25) is 23.4 Å². The van der Waals surface area contributed by atoms with Crippen LogP contribution in [0, 0.1) is 0 Å². The lowest BCUT2D eigenvalue weighted by Crippen LogP contribution is -2.30. The molecule has 0 fully saturated rings. The molecule has 0 saturated carbocycles. The number of rotatable bonds is 51. The van der Waals surface area contributed by atoms with Gasteiger partial charge in [0.15, 0.2) is 6.10 Å². The summed E-state index contributed by atoms with van der Waals surface area (Å²) in [5, 5.41) is 9.79. The van der Waals surface area contributed by atoms with E-state index in [-0.39, 0.29) is 25.9 Å². The Bertz CT molecular complexity index is 1330. The molecule has 0 aromatic carbocycles. The van der Waals surface area contributed by atoms with Crippen LogP contribution >= 0.6 is 7.82 Å². The van der Waals surface area contributed by atoms with Gasteiger partial charge in [0, 0.05) is 19.3 Å². The van der Waals surface area contributed by atoms with Crippen LogP contribution in [0.4, 0.5) is 0 Å². The molecular weight excluding hydrogens is 880 g/mol. The van der Waals surface area contributed by atoms with E-state index in [4.69, 9.17) is 23.3 Å². The standard InChI is InChI=1S/C56H101O11P/c1-4-7-10-13-16-19-22-24-26-28-31-34-37-40-43-46-55(59)66-52(48-57)50-64-68(61,62)65-51-53(49-63-54(58)45-42-39-36-33-30-21-18-15-12-9-6-3)67-56(60)47-44-41-38-35-32-29-27-25-23-20-17-14-11-8-5-2/h8,11,17,20,24-27,52-53,57H,4-7,9-10,12-16,18-19,21-23,28-51H2,1-3H3,(H,61,62)/b11-8-,20-17-,26-24-,27-25-. The molecule has 68 heavy (non-hydrogen) atoms. The normalized spacial score (nSPS) is 13.8. The van der Waals surface area contributed by atoms with Crippen molar-refractivity contribution in [3.63, 3.8) is 0 Å². The number of aliphatic hydroxyl groups excluding tert-OH is 1. The molecule has 396 valence electrons. The van der Waals surface area contributed by atoms with Crippen LogP contribution in [0.25, 0.3) is 0 Å². The summed E-state index contributed by atoms with van der Waals surface area (Å²) in [5.74, 6) is -1.48. The Morgan fingerprint density at radius 3 is 1.19 bits per heavy atom. The highest BCUT2D eigenvalue weighted by Crippen LogP contribution is 2.43. The first-order chi connectivity index (χ1) is 33.2. The SMILES string of the molecule is CC/C=C\C/C=C\C/C=C\CCCCCCCC(=O)OC(COC(=O)CCCCCCCCCCCCC)COP(=O)(O)OCC(CO)OC(=O)CCCCCCC/C=C\CCCCCCCC. The number of phosphoric ester groups is 1. The number of phosphoric acid groups is 1. The lowest BCUT2D eigenvalue weighted by Gasteiger charge is -2.21. The summed E-state index contributed by atoms with van der Waals surface area (Å²) in [6.07, 6.45) is 52.1. The lowest BCUT2D eigenvalue weighted by atomic mass is 10.1. The molecule has 11 nitrogen and oxygen atoms in total. The van der Waals surface area contributed by atoms with Crippen LogP contribution in [-0.2, 0) is 42.2 Å². The zero-order valence-electron chi connectivity index (χ0n) is 43.6. The van der Waals surface area contributed by atoms with Gasteiger partial charge in [-0.1, -0.05) is 204 Å². The molecule has 0 aliphatic rings. The van der Waals surface area contributed by atoms with Crippen molar-refractivity contribution in [2.45, 2.75) is 264 Å². The molecule has 0 aromatic rings. The van der Waals surface area contributed by atoms with Crippen molar-refractivity contribution in [3.05, 3.63) is 48.6 Å². The third kappa shape index (κ3) is 48.5. The predicted octanol–water partition coefficient (Wildman–Crippen LogP) is 15.8. The maximum atomic E-state index is 12.9. The molecule has 0 spiro atoms. The fourth-order valence-electron chi connectivity index (χ4n) is 7.54. The van der Waals surface area contributed by atoms with Crippen molar-refractivity contribution in [2.75, 3.05) is 26.4 Å². The molecule has 0 saturated heterocycles. The van der Waals surface area contributed by atoms with E-state index >= 15 is 0 Å². The van der Waals surface area contributed by atoms with E-state index in [0.29, 0.717) is 19.3 Å². The second-order valence-corrected chi connectivity index (χ2v) is 19.8. The molecule has 3 atom stereocenters. The third-order valence-corrected chi connectivity index (χ3v) is 12.7. The molecule has 0 aromatic heterocycles. The van der Waals surface area contributed by atoms with Crippen molar-refractivity contribution in [1.29, 1.82) is 0 Å². The second-order valence-electron chi connectivity index (χ2n) is 18.4. The van der Waals surface area contributed by atoms with E-state index in [9.17, 15) is 28.9 Å². The number of unbranched alkanes of at least 4 members (excludes halogenated alkanes) is 26. The largest absolute Gasteiger partial charge is 0.472 e. The number of carbonyl (C=O) groups is 3. The summed E-state index contributed by atoms with van der Waals surface area (Å²) >= 11 is 0. The smallest absolute Gasteiger partial charge is 0.462 e. The molecule has 0 aliphatic carbocycles. The van der Waals surface area contributed by atoms with Gasteiger partial charge in [0.1, 0.15) is 12.7 Å².